The molecule has 1 fully saturated rings. The number of amides is 1. The van der Waals surface area contributed by atoms with Gasteiger partial charge in [0.25, 0.3) is 0 Å². The van der Waals surface area contributed by atoms with Crippen molar-refractivity contribution >= 4 is 16.3 Å². The number of carbonyl (C=O) groups is 1. The minimum absolute atomic E-state index is 0.134. The Morgan fingerprint density at radius 1 is 1.40 bits per heavy atom. The summed E-state index contributed by atoms with van der Waals surface area (Å²) in [5, 5.41) is 8.55. The Hall–Kier alpha value is -1.84. The van der Waals surface area contributed by atoms with Gasteiger partial charge < -0.3 is 15.6 Å². The van der Waals surface area contributed by atoms with E-state index in [1.54, 1.807) is 7.11 Å². The molecular weight excluding hydrogens is 346 g/mol. The van der Waals surface area contributed by atoms with Crippen LogP contribution in [0.2, 0.25) is 0 Å². The predicted molar refractivity (Wildman–Crippen MR) is 93.8 cm³/mol. The first-order valence-electron chi connectivity index (χ1n) is 8.17. The Balaban J connectivity index is 2.14. The van der Waals surface area contributed by atoms with Gasteiger partial charge in [0.2, 0.25) is 0 Å². The van der Waals surface area contributed by atoms with Crippen molar-refractivity contribution in [1.82, 2.24) is 9.44 Å². The van der Waals surface area contributed by atoms with Crippen molar-refractivity contribution < 1.29 is 23.1 Å². The molecular formula is C16H25N3O5S. The van der Waals surface area contributed by atoms with E-state index in [-0.39, 0.29) is 18.0 Å². The lowest BCUT2D eigenvalue weighted by Crippen LogP contribution is -2.43. The number of hydrogen-bond acceptors (Lipinski definition) is 5. The average molecular weight is 371 g/mol. The molecule has 140 valence electrons. The van der Waals surface area contributed by atoms with Gasteiger partial charge in [0, 0.05) is 12.6 Å². The summed E-state index contributed by atoms with van der Waals surface area (Å²) in [4.78, 5) is 10.5. The number of carboxylic acid groups (broad SMARTS) is 1. The third kappa shape index (κ3) is 5.32. The summed E-state index contributed by atoms with van der Waals surface area (Å²) in [7, 11) is -2.46. The van der Waals surface area contributed by atoms with Crippen LogP contribution in [0.1, 0.15) is 37.7 Å². The molecule has 2 rings (SSSR count). The highest BCUT2D eigenvalue weighted by atomic mass is 32.2. The van der Waals surface area contributed by atoms with E-state index in [0.29, 0.717) is 6.42 Å². The fourth-order valence-electron chi connectivity index (χ4n) is 3.40. The average Bonchev–Trinajstić information content (AvgIpc) is 2.55. The number of rotatable bonds is 7. The van der Waals surface area contributed by atoms with E-state index in [0.717, 1.165) is 37.0 Å². The normalized spacial score (nSPS) is 23.8. The summed E-state index contributed by atoms with van der Waals surface area (Å²) in [5.41, 5.74) is 6.91. The molecule has 8 nitrogen and oxygen atoms in total. The van der Waals surface area contributed by atoms with E-state index in [9.17, 15) is 13.2 Å². The zero-order valence-corrected chi connectivity index (χ0v) is 15.0. The number of nitrogens with two attached hydrogens (primary N) is 1. The fourth-order valence-corrected chi connectivity index (χ4v) is 4.08. The highest BCUT2D eigenvalue weighted by Crippen LogP contribution is 2.42. The minimum atomic E-state index is -4.06. The second-order valence-electron chi connectivity index (χ2n) is 6.40. The zero-order valence-electron chi connectivity index (χ0n) is 14.2. The van der Waals surface area contributed by atoms with Crippen LogP contribution in [0.4, 0.5) is 4.79 Å². The quantitative estimate of drug-likeness (QED) is 0.572. The Bertz CT molecular complexity index is 699. The summed E-state index contributed by atoms with van der Waals surface area (Å²) in [5.74, 6) is 0.750. The number of benzene rings is 1. The van der Waals surface area contributed by atoms with Crippen molar-refractivity contribution in [3.8, 4) is 5.75 Å². The first kappa shape index (κ1) is 19.5. The lowest BCUT2D eigenvalue weighted by atomic mass is 9.66. The second-order valence-corrected chi connectivity index (χ2v) is 7.90. The van der Waals surface area contributed by atoms with Gasteiger partial charge in [0.05, 0.1) is 7.11 Å². The van der Waals surface area contributed by atoms with Crippen molar-refractivity contribution in [3.63, 3.8) is 0 Å². The minimum Gasteiger partial charge on any atom is -0.497 e. The van der Waals surface area contributed by atoms with Crippen molar-refractivity contribution in [2.45, 2.75) is 43.6 Å². The predicted octanol–water partition coefficient (Wildman–Crippen LogP) is 1.33. The van der Waals surface area contributed by atoms with Crippen molar-refractivity contribution in [2.24, 2.45) is 5.73 Å². The first-order valence-corrected chi connectivity index (χ1v) is 9.65. The zero-order chi connectivity index (χ0) is 18.5. The summed E-state index contributed by atoms with van der Waals surface area (Å²) >= 11 is 0. The molecule has 0 bridgehead atoms. The molecule has 0 unspecified atom stereocenters. The summed E-state index contributed by atoms with van der Waals surface area (Å²) in [6, 6.07) is 7.93. The van der Waals surface area contributed by atoms with Crippen LogP contribution in [0.25, 0.3) is 0 Å². The lowest BCUT2D eigenvalue weighted by molar-refractivity contribution is 0.201. The maximum atomic E-state index is 11.6. The van der Waals surface area contributed by atoms with Gasteiger partial charge in [-0.2, -0.15) is 13.1 Å². The van der Waals surface area contributed by atoms with E-state index in [4.69, 9.17) is 15.6 Å². The largest absolute Gasteiger partial charge is 0.497 e. The standard InChI is InChI=1S/C16H25N3O5S/c1-24-14-4-2-3-12(11-14)16(7-5-13(17)6-8-16)9-10-18-25(22,23)19-15(20)21/h2-4,11,13,18-19H,5-10,17H2,1H3,(H,20,21). The molecule has 0 aliphatic heterocycles. The maximum Gasteiger partial charge on any atom is 0.419 e. The molecule has 1 aliphatic rings. The molecule has 1 saturated carbocycles. The molecule has 0 atom stereocenters. The van der Waals surface area contributed by atoms with E-state index in [2.05, 4.69) is 4.72 Å². The van der Waals surface area contributed by atoms with Gasteiger partial charge in [-0.3, -0.25) is 0 Å². The van der Waals surface area contributed by atoms with Crippen LogP contribution >= 0.6 is 0 Å². The van der Waals surface area contributed by atoms with Gasteiger partial charge in [-0.25, -0.2) is 9.52 Å². The van der Waals surface area contributed by atoms with Crippen LogP contribution in [-0.2, 0) is 15.6 Å². The van der Waals surface area contributed by atoms with Gasteiger partial charge in [0.15, 0.2) is 0 Å². The fraction of sp³-hybridized carbons (Fsp3) is 0.562. The highest BCUT2D eigenvalue weighted by molar-refractivity contribution is 7.88. The van der Waals surface area contributed by atoms with Crippen LogP contribution in [0.15, 0.2) is 24.3 Å². The van der Waals surface area contributed by atoms with E-state index < -0.39 is 16.3 Å². The monoisotopic (exact) mass is 371 g/mol. The molecule has 1 amide bonds. The first-order chi connectivity index (χ1) is 11.8. The van der Waals surface area contributed by atoms with Crippen LogP contribution in [0.3, 0.4) is 0 Å². The molecule has 9 heteroatoms. The van der Waals surface area contributed by atoms with Gasteiger partial charge >= 0.3 is 16.3 Å². The van der Waals surface area contributed by atoms with Gasteiger partial charge in [-0.05, 0) is 55.2 Å². The Kier molecular flexibility index (Phi) is 6.26. The SMILES string of the molecule is COc1cccc(C2(CCNS(=O)(=O)NC(=O)O)CCC(N)CC2)c1. The van der Waals surface area contributed by atoms with Gasteiger partial charge in [0.1, 0.15) is 5.75 Å². The summed E-state index contributed by atoms with van der Waals surface area (Å²) < 4.78 is 32.3. The van der Waals surface area contributed by atoms with Crippen LogP contribution in [0, 0.1) is 0 Å². The second kappa shape index (κ2) is 8.03. The summed E-state index contributed by atoms with van der Waals surface area (Å²) in [6.07, 6.45) is 2.34. The van der Waals surface area contributed by atoms with E-state index in [1.165, 1.54) is 4.72 Å². The molecule has 0 saturated heterocycles. The smallest absolute Gasteiger partial charge is 0.419 e. The van der Waals surface area contributed by atoms with Crippen LogP contribution in [-0.4, -0.2) is 39.3 Å². The maximum absolute atomic E-state index is 11.6. The van der Waals surface area contributed by atoms with Crippen molar-refractivity contribution in [2.75, 3.05) is 13.7 Å². The molecule has 0 heterocycles. The Morgan fingerprint density at radius 3 is 2.68 bits per heavy atom. The molecule has 1 aliphatic carbocycles. The van der Waals surface area contributed by atoms with E-state index in [1.807, 2.05) is 24.3 Å². The number of nitrogens with one attached hydrogen (secondary N) is 2. The third-order valence-electron chi connectivity index (χ3n) is 4.79. The number of methoxy groups -OCH3 is 1. The third-order valence-corrected chi connectivity index (χ3v) is 5.81. The molecule has 0 radical (unpaired) electrons. The molecule has 1 aromatic rings. The van der Waals surface area contributed by atoms with Crippen molar-refractivity contribution in [1.29, 1.82) is 0 Å². The highest BCUT2D eigenvalue weighted by Gasteiger charge is 2.36. The Labute approximate surface area is 147 Å². The van der Waals surface area contributed by atoms with Gasteiger partial charge in [-0.1, -0.05) is 12.1 Å². The molecule has 25 heavy (non-hydrogen) atoms. The molecule has 1 aromatic carbocycles. The lowest BCUT2D eigenvalue weighted by Gasteiger charge is -2.40. The molecule has 0 aromatic heterocycles. The van der Waals surface area contributed by atoms with Gasteiger partial charge in [-0.15, -0.1) is 0 Å². The Morgan fingerprint density at radius 2 is 2.08 bits per heavy atom. The molecule has 5 N–H and O–H groups in total. The topological polar surface area (TPSA) is 131 Å². The number of ether oxygens (including phenoxy) is 1. The van der Waals surface area contributed by atoms with E-state index >= 15 is 0 Å². The molecule has 0 spiro atoms. The number of hydrogen-bond donors (Lipinski definition) is 4. The van der Waals surface area contributed by atoms with Crippen molar-refractivity contribution in [3.05, 3.63) is 29.8 Å². The van der Waals surface area contributed by atoms with Crippen LogP contribution < -0.4 is 19.9 Å². The van der Waals surface area contributed by atoms with Crippen LogP contribution in [0.5, 0.6) is 5.75 Å². The summed E-state index contributed by atoms with van der Waals surface area (Å²) in [6.45, 7) is 0.134.